The van der Waals surface area contributed by atoms with Gasteiger partial charge in [-0.15, -0.1) is 0 Å². The summed E-state index contributed by atoms with van der Waals surface area (Å²) in [6.07, 6.45) is 2.47. The second kappa shape index (κ2) is 20.9. The highest BCUT2D eigenvalue weighted by Gasteiger charge is 2.23. The summed E-state index contributed by atoms with van der Waals surface area (Å²) in [7, 11) is 0. The first-order valence-electron chi connectivity index (χ1n) is 19.0. The summed E-state index contributed by atoms with van der Waals surface area (Å²) in [4.78, 5) is 56.8. The zero-order valence-electron chi connectivity index (χ0n) is 34.5. The Hall–Kier alpha value is -7.04. The van der Waals surface area contributed by atoms with Gasteiger partial charge in [-0.1, -0.05) is 47.5 Å². The van der Waals surface area contributed by atoms with E-state index < -0.39 is 64.7 Å². The summed E-state index contributed by atoms with van der Waals surface area (Å²) >= 11 is 11.9. The molecule has 6 rings (SSSR count). The van der Waals surface area contributed by atoms with Gasteiger partial charge in [-0.2, -0.15) is 0 Å². The van der Waals surface area contributed by atoms with E-state index in [4.69, 9.17) is 42.5 Å². The Bertz CT molecular complexity index is 2680. The van der Waals surface area contributed by atoms with Crippen molar-refractivity contribution in [3.05, 3.63) is 176 Å². The van der Waals surface area contributed by atoms with Gasteiger partial charge in [0, 0.05) is 24.5 Å². The lowest BCUT2D eigenvalue weighted by molar-refractivity contribution is 0.00689. The maximum Gasteiger partial charge on any atom is 0.338 e. The van der Waals surface area contributed by atoms with Gasteiger partial charge in [0.05, 0.1) is 33.3 Å². The number of carboxylic acids is 1. The fraction of sp³-hybridized carbons (Fsp3) is 0.174. The number of nitrogens with one attached hydrogen (secondary N) is 2. The lowest BCUT2D eigenvalue weighted by Crippen LogP contribution is -2.27. The number of rotatable bonds is 12. The highest BCUT2D eigenvalue weighted by molar-refractivity contribution is 6.31. The molecule has 0 radical (unpaired) electrons. The van der Waals surface area contributed by atoms with E-state index in [0.717, 1.165) is 29.8 Å². The van der Waals surface area contributed by atoms with Gasteiger partial charge in [-0.3, -0.25) is 9.59 Å². The van der Waals surface area contributed by atoms with Gasteiger partial charge in [-0.05, 0) is 106 Å². The number of carbonyl (C=O) groups excluding carboxylic acids is 3. The van der Waals surface area contributed by atoms with Gasteiger partial charge in [0.15, 0.2) is 23.1 Å². The molecule has 0 fully saturated rings. The number of aromatic nitrogens is 2. The number of carbonyl (C=O) groups is 4. The largest absolute Gasteiger partial charge is 0.478 e. The average Bonchev–Trinajstić information content (AvgIpc) is 3.23. The molecule has 0 spiro atoms. The molecule has 0 saturated carbocycles. The Morgan fingerprint density at radius 1 is 0.609 bits per heavy atom. The topological polar surface area (TPSA) is 166 Å². The molecular formula is C46H38Cl2F4N4O8. The Morgan fingerprint density at radius 2 is 1.00 bits per heavy atom. The SMILES string of the molecule is C[C@H](NC(=O)c1cc(Cl)cnc1Oc1ccc(F)cc1F)c1ccc(C(=O)O)cc1.C[C@H](NC(=O)c1cc(Cl)cnc1Oc1ccc(F)cc1F)c1ccc(C(=O)OC(C)(C)C)cc1. The zero-order chi connectivity index (χ0) is 46.9. The first-order chi connectivity index (χ1) is 30.2. The van der Waals surface area contributed by atoms with Gasteiger partial charge in [-0.25, -0.2) is 37.1 Å². The van der Waals surface area contributed by atoms with Crippen molar-refractivity contribution in [3.63, 3.8) is 0 Å². The molecule has 0 aliphatic heterocycles. The van der Waals surface area contributed by atoms with Crippen LogP contribution in [0.5, 0.6) is 23.3 Å². The summed E-state index contributed by atoms with van der Waals surface area (Å²) in [5, 5.41) is 14.8. The van der Waals surface area contributed by atoms with Gasteiger partial charge >= 0.3 is 11.9 Å². The van der Waals surface area contributed by atoms with E-state index >= 15 is 0 Å². The molecule has 2 amide bonds. The second-order valence-electron chi connectivity index (χ2n) is 14.8. The Morgan fingerprint density at radius 3 is 1.36 bits per heavy atom. The van der Waals surface area contributed by atoms with Crippen LogP contribution in [0.15, 0.2) is 109 Å². The minimum absolute atomic E-state index is 0.0338. The summed E-state index contributed by atoms with van der Waals surface area (Å²) in [5.41, 5.74) is 1.19. The van der Waals surface area contributed by atoms with Crippen molar-refractivity contribution in [1.29, 1.82) is 0 Å². The number of hydrogen-bond donors (Lipinski definition) is 3. The van der Waals surface area contributed by atoms with Crippen LogP contribution in [0.4, 0.5) is 17.6 Å². The van der Waals surface area contributed by atoms with Crippen LogP contribution in [-0.2, 0) is 4.74 Å². The summed E-state index contributed by atoms with van der Waals surface area (Å²) in [6.45, 7) is 8.79. The fourth-order valence-corrected chi connectivity index (χ4v) is 5.86. The van der Waals surface area contributed by atoms with E-state index in [0.29, 0.717) is 23.3 Å². The lowest BCUT2D eigenvalue weighted by atomic mass is 10.1. The van der Waals surface area contributed by atoms with Crippen molar-refractivity contribution < 1.29 is 56.1 Å². The molecule has 332 valence electrons. The van der Waals surface area contributed by atoms with Crippen molar-refractivity contribution in [2.75, 3.05) is 0 Å². The smallest absolute Gasteiger partial charge is 0.338 e. The Balaban J connectivity index is 0.000000243. The highest BCUT2D eigenvalue weighted by atomic mass is 35.5. The van der Waals surface area contributed by atoms with E-state index in [1.165, 1.54) is 36.7 Å². The van der Waals surface area contributed by atoms with Crippen molar-refractivity contribution in [2.45, 2.75) is 52.3 Å². The van der Waals surface area contributed by atoms with Crippen molar-refractivity contribution in [1.82, 2.24) is 20.6 Å². The molecule has 0 unspecified atom stereocenters. The van der Waals surface area contributed by atoms with Crippen LogP contribution in [0.1, 0.15) is 99.3 Å². The van der Waals surface area contributed by atoms with Gasteiger partial charge in [0.2, 0.25) is 11.8 Å². The summed E-state index contributed by atoms with van der Waals surface area (Å²) < 4.78 is 70.3. The number of halogens is 6. The van der Waals surface area contributed by atoms with Crippen LogP contribution in [0.25, 0.3) is 0 Å². The normalized spacial score (nSPS) is 11.9. The average molecular weight is 922 g/mol. The molecule has 3 N–H and O–H groups in total. The Kier molecular flexibility index (Phi) is 15.7. The summed E-state index contributed by atoms with van der Waals surface area (Å²) in [6, 6.07) is 19.8. The number of aromatic carboxylic acids is 1. The number of carboxylic acid groups (broad SMARTS) is 1. The molecular weight excluding hydrogens is 883 g/mol. The van der Waals surface area contributed by atoms with Crippen LogP contribution >= 0.6 is 23.2 Å². The minimum Gasteiger partial charge on any atom is -0.478 e. The number of hydrogen-bond acceptors (Lipinski definition) is 9. The van der Waals surface area contributed by atoms with E-state index in [2.05, 4.69) is 20.6 Å². The molecule has 18 heteroatoms. The standard InChI is InChI=1S/C25H23ClF2N2O4.C21H15ClF2N2O4/c1-14(15-5-7-16(8-6-15)24(32)34-25(2,3)4)30-22(31)19-11-17(26)13-29-23(19)33-21-10-9-18(27)12-20(21)28;1-11(12-2-4-13(5-3-12)21(28)29)26-19(27)16-8-14(22)10-25-20(16)30-18-7-6-15(23)9-17(18)24/h5-14H,1-4H3,(H,30,31);2-11H,1H3,(H,26,27)(H,28,29)/t14-;11-/m00/s1. The second-order valence-corrected chi connectivity index (χ2v) is 15.7. The third-order valence-corrected chi connectivity index (χ3v) is 9.14. The van der Waals surface area contributed by atoms with Crippen molar-refractivity contribution in [2.24, 2.45) is 0 Å². The van der Waals surface area contributed by atoms with E-state index in [-0.39, 0.29) is 50.0 Å². The highest BCUT2D eigenvalue weighted by Crippen LogP contribution is 2.30. The van der Waals surface area contributed by atoms with Gasteiger partial charge in [0.25, 0.3) is 11.8 Å². The van der Waals surface area contributed by atoms with Crippen LogP contribution in [0.2, 0.25) is 10.0 Å². The van der Waals surface area contributed by atoms with E-state index in [9.17, 15) is 36.7 Å². The molecule has 6 aromatic rings. The van der Waals surface area contributed by atoms with Crippen LogP contribution < -0.4 is 20.1 Å². The quantitative estimate of drug-likeness (QED) is 0.0794. The number of ether oxygens (including phenoxy) is 3. The fourth-order valence-electron chi connectivity index (χ4n) is 5.54. The molecule has 2 aromatic heterocycles. The maximum atomic E-state index is 14.0. The van der Waals surface area contributed by atoms with E-state index in [1.807, 2.05) is 0 Å². The number of nitrogens with zero attached hydrogens (tertiary/aromatic N) is 2. The summed E-state index contributed by atoms with van der Waals surface area (Å²) in [5.74, 6) is -7.12. The number of esters is 1. The third kappa shape index (κ3) is 13.2. The van der Waals surface area contributed by atoms with Crippen LogP contribution in [0.3, 0.4) is 0 Å². The molecule has 0 aliphatic rings. The van der Waals surface area contributed by atoms with Gasteiger partial charge < -0.3 is 30.0 Å². The monoisotopic (exact) mass is 920 g/mol. The van der Waals surface area contributed by atoms with Crippen molar-refractivity contribution >= 4 is 47.0 Å². The predicted octanol–water partition coefficient (Wildman–Crippen LogP) is 11.2. The van der Waals surface area contributed by atoms with Gasteiger partial charge in [0.1, 0.15) is 28.4 Å². The molecule has 64 heavy (non-hydrogen) atoms. The van der Waals surface area contributed by atoms with Crippen LogP contribution in [0, 0.1) is 23.3 Å². The zero-order valence-corrected chi connectivity index (χ0v) is 36.0. The molecule has 2 heterocycles. The first-order valence-corrected chi connectivity index (χ1v) is 19.8. The molecule has 0 saturated heterocycles. The molecule has 0 bridgehead atoms. The third-order valence-electron chi connectivity index (χ3n) is 8.72. The minimum atomic E-state index is -1.06. The number of amides is 2. The Labute approximate surface area is 374 Å². The van der Waals surface area contributed by atoms with Crippen LogP contribution in [-0.4, -0.2) is 44.4 Å². The molecule has 2 atom stereocenters. The molecule has 12 nitrogen and oxygen atoms in total. The molecule has 4 aromatic carbocycles. The first kappa shape index (κ1) is 48.0. The number of benzene rings is 4. The lowest BCUT2D eigenvalue weighted by Gasteiger charge is -2.20. The number of pyridine rings is 2. The molecule has 0 aliphatic carbocycles. The van der Waals surface area contributed by atoms with Crippen molar-refractivity contribution in [3.8, 4) is 23.3 Å². The maximum absolute atomic E-state index is 14.0. The van der Waals surface area contributed by atoms with E-state index in [1.54, 1.807) is 71.0 Å². The predicted molar refractivity (Wildman–Crippen MR) is 228 cm³/mol.